The van der Waals surface area contributed by atoms with Crippen LogP contribution in [0.2, 0.25) is 0 Å². The van der Waals surface area contributed by atoms with Crippen LogP contribution in [-0.4, -0.2) is 57.2 Å². The van der Waals surface area contributed by atoms with Gasteiger partial charge in [-0.25, -0.2) is 0 Å². The molecule has 4 N–H and O–H groups in total. The van der Waals surface area contributed by atoms with Crippen LogP contribution in [-0.2, 0) is 4.74 Å². The van der Waals surface area contributed by atoms with E-state index < -0.39 is 37.1 Å². The molecule has 0 amide bonds. The molecule has 2 aromatic rings. The summed E-state index contributed by atoms with van der Waals surface area (Å²) in [6.07, 6.45) is -6.10. The lowest BCUT2D eigenvalue weighted by Crippen LogP contribution is -2.55. The van der Waals surface area contributed by atoms with Crippen LogP contribution >= 0.6 is 0 Å². The molecule has 0 bridgehead atoms. The van der Waals surface area contributed by atoms with Crippen molar-refractivity contribution in [2.24, 2.45) is 0 Å². The van der Waals surface area contributed by atoms with Crippen LogP contribution in [0.25, 0.3) is 0 Å². The monoisotopic (exact) mass is 374 g/mol. The molecule has 5 atom stereocenters. The zero-order valence-corrected chi connectivity index (χ0v) is 14.7. The summed E-state index contributed by atoms with van der Waals surface area (Å²) < 4.78 is 11.3. The topological polar surface area (TPSA) is 116 Å². The molecular formula is C20H22O7. The van der Waals surface area contributed by atoms with Crippen molar-refractivity contribution in [1.82, 2.24) is 0 Å². The number of carbonyl (C=O) groups is 1. The second-order valence-electron chi connectivity index (χ2n) is 6.50. The van der Waals surface area contributed by atoms with Crippen LogP contribution in [0, 0.1) is 0 Å². The first-order valence-corrected chi connectivity index (χ1v) is 8.60. The Bertz CT molecular complexity index is 787. The van der Waals surface area contributed by atoms with Crippen molar-refractivity contribution >= 4 is 5.78 Å². The molecule has 0 radical (unpaired) electrons. The van der Waals surface area contributed by atoms with Gasteiger partial charge in [-0.2, -0.15) is 0 Å². The van der Waals surface area contributed by atoms with Crippen molar-refractivity contribution in [1.29, 1.82) is 0 Å². The number of rotatable bonds is 5. The number of ketones is 1. The van der Waals surface area contributed by atoms with Gasteiger partial charge in [0.2, 0.25) is 0 Å². The minimum Gasteiger partial charge on any atom is -0.457 e. The van der Waals surface area contributed by atoms with Gasteiger partial charge in [0.1, 0.15) is 42.0 Å². The minimum atomic E-state index is -1.44. The van der Waals surface area contributed by atoms with Crippen LogP contribution in [0.1, 0.15) is 28.9 Å². The Morgan fingerprint density at radius 1 is 1.00 bits per heavy atom. The van der Waals surface area contributed by atoms with E-state index in [9.17, 15) is 25.2 Å². The zero-order valence-electron chi connectivity index (χ0n) is 14.7. The number of carbonyl (C=O) groups excluding carboxylic acids is 1. The maximum Gasteiger partial charge on any atom is 0.159 e. The van der Waals surface area contributed by atoms with E-state index in [-0.39, 0.29) is 5.78 Å². The molecule has 7 nitrogen and oxygen atoms in total. The lowest BCUT2D eigenvalue weighted by atomic mass is 9.91. The van der Waals surface area contributed by atoms with E-state index in [1.54, 1.807) is 48.5 Å². The molecule has 2 aromatic carbocycles. The average Bonchev–Trinajstić information content (AvgIpc) is 2.67. The Balaban J connectivity index is 1.79. The number of aliphatic hydroxyl groups is 4. The molecule has 0 saturated carbocycles. The van der Waals surface area contributed by atoms with Crippen molar-refractivity contribution < 1.29 is 34.7 Å². The summed E-state index contributed by atoms with van der Waals surface area (Å²) >= 11 is 0. The molecule has 1 aliphatic heterocycles. The summed E-state index contributed by atoms with van der Waals surface area (Å²) in [4.78, 5) is 11.3. The van der Waals surface area contributed by atoms with Gasteiger partial charge in [0.05, 0.1) is 6.61 Å². The molecule has 0 aromatic heterocycles. The minimum absolute atomic E-state index is 0.0360. The third kappa shape index (κ3) is 4.18. The van der Waals surface area contributed by atoms with E-state index in [4.69, 9.17) is 9.47 Å². The molecule has 144 valence electrons. The van der Waals surface area contributed by atoms with Crippen molar-refractivity contribution in [2.75, 3.05) is 6.61 Å². The summed E-state index contributed by atoms with van der Waals surface area (Å²) in [6, 6.07) is 13.4. The van der Waals surface area contributed by atoms with Crippen molar-refractivity contribution in [3.05, 3.63) is 59.7 Å². The molecule has 1 fully saturated rings. The Labute approximate surface area is 156 Å². The molecular weight excluding hydrogens is 352 g/mol. The van der Waals surface area contributed by atoms with Gasteiger partial charge < -0.3 is 29.9 Å². The third-order valence-corrected chi connectivity index (χ3v) is 4.58. The van der Waals surface area contributed by atoms with E-state index in [0.717, 1.165) is 0 Å². The fourth-order valence-electron chi connectivity index (χ4n) is 3.03. The lowest BCUT2D eigenvalue weighted by Gasteiger charge is -2.40. The largest absolute Gasteiger partial charge is 0.457 e. The molecule has 1 heterocycles. The van der Waals surface area contributed by atoms with E-state index in [1.165, 1.54) is 6.92 Å². The lowest BCUT2D eigenvalue weighted by molar-refractivity contribution is -0.231. The average molecular weight is 374 g/mol. The van der Waals surface area contributed by atoms with Crippen LogP contribution in [0.5, 0.6) is 11.5 Å². The van der Waals surface area contributed by atoms with E-state index in [1.807, 2.05) is 0 Å². The highest BCUT2D eigenvalue weighted by Crippen LogP contribution is 2.34. The fourth-order valence-corrected chi connectivity index (χ4v) is 3.03. The van der Waals surface area contributed by atoms with Crippen molar-refractivity contribution in [3.8, 4) is 11.5 Å². The Morgan fingerprint density at radius 2 is 1.70 bits per heavy atom. The van der Waals surface area contributed by atoms with Gasteiger partial charge in [-0.1, -0.05) is 12.1 Å². The summed E-state index contributed by atoms with van der Waals surface area (Å²) in [5, 5.41) is 39.4. The summed E-state index contributed by atoms with van der Waals surface area (Å²) in [7, 11) is 0. The van der Waals surface area contributed by atoms with Crippen LogP contribution in [0.15, 0.2) is 48.5 Å². The number of benzene rings is 2. The SMILES string of the molecule is CC(=O)c1ccc(Oc2cccc([C@H]3O[C@H](CO)[C@@H](O)[C@H](O)[C@H]3O)c2)cc1. The number of hydrogen-bond donors (Lipinski definition) is 4. The van der Waals surface area contributed by atoms with Crippen LogP contribution in [0.4, 0.5) is 0 Å². The van der Waals surface area contributed by atoms with Crippen LogP contribution < -0.4 is 4.74 Å². The first-order valence-electron chi connectivity index (χ1n) is 8.60. The standard InChI is InChI=1S/C20H22O7/c1-11(22)12-5-7-14(8-6-12)26-15-4-2-3-13(9-15)20-19(25)18(24)17(23)16(10-21)27-20/h2-9,16-21,23-25H,10H2,1H3/t16-,17-,18+,19-,20-/m1/s1. The third-order valence-electron chi connectivity index (χ3n) is 4.58. The van der Waals surface area contributed by atoms with Gasteiger partial charge in [0.25, 0.3) is 0 Å². The van der Waals surface area contributed by atoms with Crippen LogP contribution in [0.3, 0.4) is 0 Å². The molecule has 3 rings (SSSR count). The molecule has 1 saturated heterocycles. The number of aliphatic hydroxyl groups excluding tert-OH is 4. The second-order valence-corrected chi connectivity index (χ2v) is 6.50. The Morgan fingerprint density at radius 3 is 2.33 bits per heavy atom. The van der Waals surface area contributed by atoms with Gasteiger partial charge in [-0.15, -0.1) is 0 Å². The number of Topliss-reactive ketones (excluding diaryl/α,β-unsaturated/α-hetero) is 1. The van der Waals surface area contributed by atoms with Crippen molar-refractivity contribution in [3.63, 3.8) is 0 Å². The fraction of sp³-hybridized carbons (Fsp3) is 0.350. The van der Waals surface area contributed by atoms with Gasteiger partial charge in [0, 0.05) is 5.56 Å². The van der Waals surface area contributed by atoms with Gasteiger partial charge >= 0.3 is 0 Å². The van der Waals surface area contributed by atoms with E-state index in [0.29, 0.717) is 22.6 Å². The quantitative estimate of drug-likeness (QED) is 0.581. The van der Waals surface area contributed by atoms with E-state index >= 15 is 0 Å². The van der Waals surface area contributed by atoms with Gasteiger partial charge in [-0.05, 0) is 48.9 Å². The summed E-state index contributed by atoms with van der Waals surface area (Å²) in [5.74, 6) is 0.970. The summed E-state index contributed by atoms with van der Waals surface area (Å²) in [6.45, 7) is 1.000. The molecule has 7 heteroatoms. The van der Waals surface area contributed by atoms with Gasteiger partial charge in [-0.3, -0.25) is 4.79 Å². The Kier molecular flexibility index (Phi) is 5.88. The summed E-state index contributed by atoms with van der Waals surface area (Å²) in [5.41, 5.74) is 1.11. The molecule has 0 spiro atoms. The number of hydrogen-bond acceptors (Lipinski definition) is 7. The zero-order chi connectivity index (χ0) is 19.6. The molecule has 0 unspecified atom stereocenters. The Hall–Kier alpha value is -2.29. The molecule has 0 aliphatic carbocycles. The molecule has 1 aliphatic rings. The molecule has 27 heavy (non-hydrogen) atoms. The normalized spacial score (nSPS) is 28.0. The van der Waals surface area contributed by atoms with Gasteiger partial charge in [0.15, 0.2) is 5.78 Å². The second kappa shape index (κ2) is 8.16. The predicted molar refractivity (Wildman–Crippen MR) is 95.7 cm³/mol. The maximum atomic E-state index is 11.3. The predicted octanol–water partition coefficient (Wildman–Crippen LogP) is 1.20. The smallest absolute Gasteiger partial charge is 0.159 e. The number of ether oxygens (including phenoxy) is 2. The maximum absolute atomic E-state index is 11.3. The highest BCUT2D eigenvalue weighted by Gasteiger charge is 2.43. The highest BCUT2D eigenvalue weighted by molar-refractivity contribution is 5.94. The first kappa shape index (κ1) is 19.5. The highest BCUT2D eigenvalue weighted by atomic mass is 16.5. The first-order chi connectivity index (χ1) is 12.9. The van der Waals surface area contributed by atoms with E-state index in [2.05, 4.69) is 0 Å². The van der Waals surface area contributed by atoms with Crippen molar-refractivity contribution in [2.45, 2.75) is 37.4 Å².